The van der Waals surface area contributed by atoms with Crippen LogP contribution < -0.4 is 5.73 Å². The van der Waals surface area contributed by atoms with Crippen molar-refractivity contribution in [3.8, 4) is 0 Å². The van der Waals surface area contributed by atoms with Gasteiger partial charge in [-0.15, -0.1) is 0 Å². The lowest BCUT2D eigenvalue weighted by Crippen LogP contribution is -1.82. The molecule has 0 fully saturated rings. The topological polar surface area (TPSA) is 41.8 Å². The number of nitrogens with one attached hydrogen (secondary N) is 1. The zero-order valence-corrected chi connectivity index (χ0v) is 7.70. The molecule has 0 saturated heterocycles. The molecule has 0 radical (unpaired) electrons. The number of benzene rings is 1. The fourth-order valence-electron chi connectivity index (χ4n) is 0.948. The van der Waals surface area contributed by atoms with Crippen LogP contribution in [0, 0.1) is 6.92 Å². The molecule has 2 heteroatoms. The second-order valence-electron chi connectivity index (χ2n) is 2.80. The fourth-order valence-corrected chi connectivity index (χ4v) is 0.948. The number of nitrogen functional groups attached to an aromatic ring is 1. The summed E-state index contributed by atoms with van der Waals surface area (Å²) >= 11 is 0. The van der Waals surface area contributed by atoms with Gasteiger partial charge < -0.3 is 10.7 Å². The largest absolute Gasteiger partial charge is 0.399 e. The third-order valence-electron chi connectivity index (χ3n) is 1.54. The van der Waals surface area contributed by atoms with Crippen LogP contribution in [0.25, 0.3) is 0 Å². The van der Waals surface area contributed by atoms with Gasteiger partial charge in [0.05, 0.1) is 0 Å². The summed E-state index contributed by atoms with van der Waals surface area (Å²) in [7, 11) is 0. The number of aromatic amines is 1. The van der Waals surface area contributed by atoms with Crippen LogP contribution in [0.2, 0.25) is 0 Å². The molecule has 2 rings (SSSR count). The van der Waals surface area contributed by atoms with Crippen LogP contribution in [-0.4, -0.2) is 4.98 Å². The number of aryl methyl sites for hydroxylation is 1. The summed E-state index contributed by atoms with van der Waals surface area (Å²) in [4.78, 5) is 2.86. The number of hydrogen-bond acceptors (Lipinski definition) is 1. The summed E-state index contributed by atoms with van der Waals surface area (Å²) in [5.74, 6) is 0. The first-order valence-corrected chi connectivity index (χ1v) is 4.19. The predicted molar refractivity (Wildman–Crippen MR) is 56.4 cm³/mol. The summed E-state index contributed by atoms with van der Waals surface area (Å²) in [5.41, 5.74) is 7.51. The Bertz CT molecular complexity index is 291. The van der Waals surface area contributed by atoms with Crippen molar-refractivity contribution in [3.63, 3.8) is 0 Å². The molecule has 2 nitrogen and oxygen atoms in total. The molecule has 0 aliphatic carbocycles. The van der Waals surface area contributed by atoms with E-state index < -0.39 is 0 Å². The van der Waals surface area contributed by atoms with Gasteiger partial charge in [-0.1, -0.05) is 12.1 Å². The number of rotatable bonds is 0. The molecule has 1 aromatic heterocycles. The third kappa shape index (κ3) is 4.01. The van der Waals surface area contributed by atoms with Crippen LogP contribution in [0.15, 0.2) is 48.8 Å². The van der Waals surface area contributed by atoms with Crippen molar-refractivity contribution >= 4 is 5.69 Å². The number of hydrogen-bond donors (Lipinski definition) is 2. The monoisotopic (exact) mass is 174 g/mol. The number of anilines is 1. The standard InChI is InChI=1S/C7H9N.C4H5N/c1-6-3-2-4-7(8)5-6;1-2-4-5-3-1/h2-5H,8H2,1H3;1-5H. The van der Waals surface area contributed by atoms with E-state index in [4.69, 9.17) is 5.73 Å². The van der Waals surface area contributed by atoms with E-state index in [1.165, 1.54) is 5.56 Å². The second kappa shape index (κ2) is 5.04. The average Bonchev–Trinajstić information content (AvgIpc) is 2.59. The summed E-state index contributed by atoms with van der Waals surface area (Å²) in [6, 6.07) is 11.7. The molecular weight excluding hydrogens is 160 g/mol. The van der Waals surface area contributed by atoms with Gasteiger partial charge in [-0.2, -0.15) is 0 Å². The van der Waals surface area contributed by atoms with Crippen molar-refractivity contribution in [1.82, 2.24) is 4.98 Å². The van der Waals surface area contributed by atoms with E-state index in [9.17, 15) is 0 Å². The summed E-state index contributed by atoms with van der Waals surface area (Å²) in [5, 5.41) is 0. The van der Waals surface area contributed by atoms with E-state index in [1.54, 1.807) is 0 Å². The van der Waals surface area contributed by atoms with Gasteiger partial charge in [0.1, 0.15) is 0 Å². The van der Waals surface area contributed by atoms with Gasteiger partial charge in [-0.3, -0.25) is 0 Å². The van der Waals surface area contributed by atoms with Crippen LogP contribution in [0.3, 0.4) is 0 Å². The second-order valence-corrected chi connectivity index (χ2v) is 2.80. The minimum absolute atomic E-state index is 0.838. The molecule has 1 heterocycles. The molecule has 0 unspecified atom stereocenters. The molecule has 0 aliphatic rings. The Morgan fingerprint density at radius 2 is 1.77 bits per heavy atom. The molecule has 0 bridgehead atoms. The van der Waals surface area contributed by atoms with Gasteiger partial charge >= 0.3 is 0 Å². The van der Waals surface area contributed by atoms with Crippen LogP contribution in [0.1, 0.15) is 5.56 Å². The molecule has 1 aromatic carbocycles. The Morgan fingerprint density at radius 3 is 2.08 bits per heavy atom. The fraction of sp³-hybridized carbons (Fsp3) is 0.0909. The highest BCUT2D eigenvalue weighted by molar-refractivity contribution is 5.39. The first kappa shape index (κ1) is 9.39. The Morgan fingerprint density at radius 1 is 1.08 bits per heavy atom. The lowest BCUT2D eigenvalue weighted by atomic mass is 10.2. The smallest absolute Gasteiger partial charge is 0.0316 e. The zero-order chi connectivity index (χ0) is 9.52. The summed E-state index contributed by atoms with van der Waals surface area (Å²) in [6.45, 7) is 2.02. The number of nitrogens with two attached hydrogens (primary N) is 1. The van der Waals surface area contributed by atoms with Crippen LogP contribution in [0.4, 0.5) is 5.69 Å². The maximum absolute atomic E-state index is 5.46. The predicted octanol–water partition coefficient (Wildman–Crippen LogP) is 2.59. The van der Waals surface area contributed by atoms with Crippen molar-refractivity contribution < 1.29 is 0 Å². The molecule has 68 valence electrons. The highest BCUT2D eigenvalue weighted by Crippen LogP contribution is 2.03. The molecule has 0 amide bonds. The molecular formula is C11H14N2. The molecule has 0 aliphatic heterocycles. The highest BCUT2D eigenvalue weighted by Gasteiger charge is 1.81. The van der Waals surface area contributed by atoms with Gasteiger partial charge in [-0.05, 0) is 36.8 Å². The maximum Gasteiger partial charge on any atom is 0.0316 e. The number of aromatic nitrogens is 1. The van der Waals surface area contributed by atoms with E-state index in [0.717, 1.165) is 5.69 Å². The Kier molecular flexibility index (Phi) is 3.64. The highest BCUT2D eigenvalue weighted by atomic mass is 14.6. The van der Waals surface area contributed by atoms with Crippen LogP contribution in [-0.2, 0) is 0 Å². The molecule has 2 aromatic rings. The van der Waals surface area contributed by atoms with Gasteiger partial charge in [0, 0.05) is 18.1 Å². The summed E-state index contributed by atoms with van der Waals surface area (Å²) in [6.07, 6.45) is 3.75. The van der Waals surface area contributed by atoms with Crippen LogP contribution >= 0.6 is 0 Å². The van der Waals surface area contributed by atoms with Gasteiger partial charge in [0.15, 0.2) is 0 Å². The van der Waals surface area contributed by atoms with E-state index in [1.807, 2.05) is 55.7 Å². The SMILES string of the molecule is Cc1cccc(N)c1.c1cc[nH]c1. The molecule has 3 N–H and O–H groups in total. The summed E-state index contributed by atoms with van der Waals surface area (Å²) < 4.78 is 0. The quantitative estimate of drug-likeness (QED) is 0.592. The minimum Gasteiger partial charge on any atom is -0.399 e. The molecule has 0 saturated carbocycles. The Labute approximate surface area is 78.4 Å². The van der Waals surface area contributed by atoms with Crippen molar-refractivity contribution in [3.05, 3.63) is 54.4 Å². The van der Waals surface area contributed by atoms with Crippen molar-refractivity contribution in [2.45, 2.75) is 6.92 Å². The van der Waals surface area contributed by atoms with Gasteiger partial charge in [0.25, 0.3) is 0 Å². The van der Waals surface area contributed by atoms with Crippen molar-refractivity contribution in [1.29, 1.82) is 0 Å². The third-order valence-corrected chi connectivity index (χ3v) is 1.54. The normalized spacial score (nSPS) is 8.69. The molecule has 13 heavy (non-hydrogen) atoms. The Hall–Kier alpha value is -1.70. The van der Waals surface area contributed by atoms with Crippen molar-refractivity contribution in [2.75, 3.05) is 5.73 Å². The van der Waals surface area contributed by atoms with Crippen LogP contribution in [0.5, 0.6) is 0 Å². The van der Waals surface area contributed by atoms with E-state index in [-0.39, 0.29) is 0 Å². The van der Waals surface area contributed by atoms with E-state index in [0.29, 0.717) is 0 Å². The van der Waals surface area contributed by atoms with Crippen molar-refractivity contribution in [2.24, 2.45) is 0 Å². The Balaban J connectivity index is 0.000000145. The first-order chi connectivity index (χ1) is 6.29. The van der Waals surface area contributed by atoms with E-state index >= 15 is 0 Å². The van der Waals surface area contributed by atoms with E-state index in [2.05, 4.69) is 4.98 Å². The number of H-pyrrole nitrogens is 1. The lowest BCUT2D eigenvalue weighted by Gasteiger charge is -1.91. The lowest BCUT2D eigenvalue weighted by molar-refractivity contribution is 1.42. The minimum atomic E-state index is 0.838. The van der Waals surface area contributed by atoms with Gasteiger partial charge in [0.2, 0.25) is 0 Å². The first-order valence-electron chi connectivity index (χ1n) is 4.19. The molecule has 0 atom stereocenters. The maximum atomic E-state index is 5.46. The average molecular weight is 174 g/mol. The molecule has 0 spiro atoms. The van der Waals surface area contributed by atoms with Gasteiger partial charge in [-0.25, -0.2) is 0 Å². The zero-order valence-electron chi connectivity index (χ0n) is 7.70.